The second-order valence-electron chi connectivity index (χ2n) is 5.29. The second kappa shape index (κ2) is 5.87. The number of halogens is 1. The van der Waals surface area contributed by atoms with Crippen LogP contribution in [0.4, 0.5) is 5.82 Å². The van der Waals surface area contributed by atoms with Crippen LogP contribution in [0.3, 0.4) is 0 Å². The van der Waals surface area contributed by atoms with Crippen molar-refractivity contribution in [3.8, 4) is 0 Å². The molecule has 1 fully saturated rings. The molecule has 4 nitrogen and oxygen atoms in total. The number of hydrogen-bond acceptors (Lipinski definition) is 3. The largest absolute Gasteiger partial charge is 0.351 e. The summed E-state index contributed by atoms with van der Waals surface area (Å²) in [5.74, 6) is 1.06. The van der Waals surface area contributed by atoms with Gasteiger partial charge in [-0.15, -0.1) is 0 Å². The first-order valence-electron chi connectivity index (χ1n) is 6.52. The Labute approximate surface area is 116 Å². The van der Waals surface area contributed by atoms with Gasteiger partial charge in [-0.25, -0.2) is 4.98 Å². The van der Waals surface area contributed by atoms with Gasteiger partial charge < -0.3 is 9.47 Å². The predicted octanol–water partition coefficient (Wildman–Crippen LogP) is 2.26. The Bertz CT molecular complexity index is 458. The minimum absolute atomic E-state index is 0.0350. The fraction of sp³-hybridized carbons (Fsp3) is 0.692. The summed E-state index contributed by atoms with van der Waals surface area (Å²) in [5.41, 5.74) is 0.0350. The van der Waals surface area contributed by atoms with Gasteiger partial charge in [0.25, 0.3) is 5.56 Å². The standard InChI is InChI=1S/C13H20BrN3O/c1-10(2)8-17-7-5-15-12(13(17)18)16-6-3-4-11(14)9-16/h5,7,10-11H,3-4,6,8-9H2,1-2H3. The zero-order chi connectivity index (χ0) is 13.1. The maximum absolute atomic E-state index is 12.4. The highest BCUT2D eigenvalue weighted by Gasteiger charge is 2.21. The number of hydrogen-bond donors (Lipinski definition) is 0. The van der Waals surface area contributed by atoms with E-state index < -0.39 is 0 Å². The van der Waals surface area contributed by atoms with Crippen molar-refractivity contribution in [1.29, 1.82) is 0 Å². The van der Waals surface area contributed by atoms with Gasteiger partial charge in [0.2, 0.25) is 0 Å². The number of piperidine rings is 1. The van der Waals surface area contributed by atoms with Crippen molar-refractivity contribution >= 4 is 21.7 Å². The molecule has 0 N–H and O–H groups in total. The van der Waals surface area contributed by atoms with Gasteiger partial charge in [0.15, 0.2) is 5.82 Å². The Kier molecular flexibility index (Phi) is 4.43. The summed E-state index contributed by atoms with van der Waals surface area (Å²) in [7, 11) is 0. The zero-order valence-electron chi connectivity index (χ0n) is 11.0. The zero-order valence-corrected chi connectivity index (χ0v) is 12.6. The molecule has 0 radical (unpaired) electrons. The maximum Gasteiger partial charge on any atom is 0.293 e. The summed E-state index contributed by atoms with van der Waals surface area (Å²) < 4.78 is 1.77. The quantitative estimate of drug-likeness (QED) is 0.803. The van der Waals surface area contributed by atoms with Crippen molar-refractivity contribution in [3.63, 3.8) is 0 Å². The van der Waals surface area contributed by atoms with E-state index in [0.717, 1.165) is 26.1 Å². The van der Waals surface area contributed by atoms with Gasteiger partial charge in [0.05, 0.1) is 0 Å². The Balaban J connectivity index is 2.25. The first-order valence-corrected chi connectivity index (χ1v) is 7.44. The van der Waals surface area contributed by atoms with Crippen LogP contribution >= 0.6 is 15.9 Å². The van der Waals surface area contributed by atoms with Crippen molar-refractivity contribution in [2.75, 3.05) is 18.0 Å². The van der Waals surface area contributed by atoms with Crippen LogP contribution in [-0.4, -0.2) is 27.5 Å². The lowest BCUT2D eigenvalue weighted by Gasteiger charge is -2.30. The summed E-state index contributed by atoms with van der Waals surface area (Å²) in [6, 6.07) is 0. The molecule has 1 aromatic rings. The molecule has 1 atom stereocenters. The lowest BCUT2D eigenvalue weighted by Crippen LogP contribution is -2.41. The third-order valence-corrected chi connectivity index (χ3v) is 3.87. The lowest BCUT2D eigenvalue weighted by atomic mass is 10.1. The van der Waals surface area contributed by atoms with E-state index in [4.69, 9.17) is 0 Å². The topological polar surface area (TPSA) is 38.1 Å². The Hall–Kier alpha value is -0.840. The monoisotopic (exact) mass is 313 g/mol. The maximum atomic E-state index is 12.4. The van der Waals surface area contributed by atoms with Crippen LogP contribution in [0.25, 0.3) is 0 Å². The molecule has 1 saturated heterocycles. The molecular formula is C13H20BrN3O. The van der Waals surface area contributed by atoms with E-state index >= 15 is 0 Å². The summed E-state index contributed by atoms with van der Waals surface area (Å²) in [5, 5.41) is 0. The molecule has 100 valence electrons. The predicted molar refractivity (Wildman–Crippen MR) is 77.5 cm³/mol. The molecule has 0 aliphatic carbocycles. The molecule has 18 heavy (non-hydrogen) atoms. The summed E-state index contributed by atoms with van der Waals surface area (Å²) in [6.07, 6.45) is 5.79. The van der Waals surface area contributed by atoms with Crippen LogP contribution in [0.15, 0.2) is 17.2 Å². The third-order valence-electron chi connectivity index (χ3n) is 3.12. The minimum Gasteiger partial charge on any atom is -0.351 e. The number of anilines is 1. The molecule has 0 amide bonds. The van der Waals surface area contributed by atoms with E-state index in [1.54, 1.807) is 17.0 Å². The molecule has 0 bridgehead atoms. The van der Waals surface area contributed by atoms with Gasteiger partial charge in [0, 0.05) is 36.9 Å². The molecule has 2 heterocycles. The Morgan fingerprint density at radius 1 is 1.56 bits per heavy atom. The average molecular weight is 314 g/mol. The number of rotatable bonds is 3. The lowest BCUT2D eigenvalue weighted by molar-refractivity contribution is 0.505. The second-order valence-corrected chi connectivity index (χ2v) is 6.58. The van der Waals surface area contributed by atoms with Gasteiger partial charge >= 0.3 is 0 Å². The van der Waals surface area contributed by atoms with E-state index in [1.165, 1.54) is 6.42 Å². The van der Waals surface area contributed by atoms with Gasteiger partial charge in [-0.1, -0.05) is 29.8 Å². The summed E-state index contributed by atoms with van der Waals surface area (Å²) >= 11 is 3.63. The fourth-order valence-corrected chi connectivity index (χ4v) is 2.98. The van der Waals surface area contributed by atoms with Gasteiger partial charge in [-0.2, -0.15) is 0 Å². The van der Waals surface area contributed by atoms with E-state index in [9.17, 15) is 4.79 Å². The normalized spacial score (nSPS) is 20.4. The highest BCUT2D eigenvalue weighted by Crippen LogP contribution is 2.19. The van der Waals surface area contributed by atoms with Gasteiger partial charge in [-0.3, -0.25) is 4.79 Å². The molecule has 1 aromatic heterocycles. The molecule has 0 aromatic carbocycles. The number of nitrogens with zero attached hydrogens (tertiary/aromatic N) is 3. The Morgan fingerprint density at radius 2 is 2.33 bits per heavy atom. The van der Waals surface area contributed by atoms with Crippen molar-refractivity contribution in [2.24, 2.45) is 5.92 Å². The number of alkyl halides is 1. The van der Waals surface area contributed by atoms with Crippen LogP contribution in [0.5, 0.6) is 0 Å². The van der Waals surface area contributed by atoms with Gasteiger partial charge in [-0.05, 0) is 18.8 Å². The van der Waals surface area contributed by atoms with E-state index in [0.29, 0.717) is 16.6 Å². The van der Waals surface area contributed by atoms with Crippen molar-refractivity contribution in [3.05, 3.63) is 22.7 Å². The van der Waals surface area contributed by atoms with Crippen LogP contribution < -0.4 is 10.5 Å². The third kappa shape index (κ3) is 3.13. The molecule has 1 aliphatic heterocycles. The molecule has 1 unspecified atom stereocenters. The highest BCUT2D eigenvalue weighted by atomic mass is 79.9. The van der Waals surface area contributed by atoms with Crippen molar-refractivity contribution < 1.29 is 0 Å². The van der Waals surface area contributed by atoms with Crippen LogP contribution in [-0.2, 0) is 6.54 Å². The van der Waals surface area contributed by atoms with Crippen LogP contribution in [0.2, 0.25) is 0 Å². The first-order chi connectivity index (χ1) is 8.58. The highest BCUT2D eigenvalue weighted by molar-refractivity contribution is 9.09. The molecule has 0 saturated carbocycles. The van der Waals surface area contributed by atoms with Crippen LogP contribution in [0.1, 0.15) is 26.7 Å². The fourth-order valence-electron chi connectivity index (χ4n) is 2.31. The molecular weight excluding hydrogens is 294 g/mol. The van der Waals surface area contributed by atoms with E-state index in [-0.39, 0.29) is 5.56 Å². The molecule has 0 spiro atoms. The SMILES string of the molecule is CC(C)Cn1ccnc(N2CCCC(Br)C2)c1=O. The van der Waals surface area contributed by atoms with Crippen molar-refractivity contribution in [2.45, 2.75) is 38.1 Å². The van der Waals surface area contributed by atoms with Crippen molar-refractivity contribution in [1.82, 2.24) is 9.55 Å². The summed E-state index contributed by atoms with van der Waals surface area (Å²) in [6.45, 7) is 6.77. The van der Waals surface area contributed by atoms with E-state index in [2.05, 4.69) is 39.7 Å². The molecule has 1 aliphatic rings. The van der Waals surface area contributed by atoms with Gasteiger partial charge in [0.1, 0.15) is 0 Å². The Morgan fingerprint density at radius 3 is 3.00 bits per heavy atom. The smallest absolute Gasteiger partial charge is 0.293 e. The molecule has 2 rings (SSSR count). The first kappa shape index (κ1) is 13.6. The average Bonchev–Trinajstić information content (AvgIpc) is 2.31. The van der Waals surface area contributed by atoms with E-state index in [1.807, 2.05) is 0 Å². The summed E-state index contributed by atoms with van der Waals surface area (Å²) in [4.78, 5) is 19.2. The minimum atomic E-state index is 0.0350. The number of aromatic nitrogens is 2. The molecule has 5 heteroatoms. The van der Waals surface area contributed by atoms with Crippen LogP contribution in [0, 0.1) is 5.92 Å².